The lowest BCUT2D eigenvalue weighted by Gasteiger charge is -2.11. The van der Waals surface area contributed by atoms with Crippen LogP contribution >= 0.6 is 0 Å². The number of rotatable bonds is 6. The molecule has 1 saturated heterocycles. The maximum absolute atomic E-state index is 12.3. The van der Waals surface area contributed by atoms with Gasteiger partial charge in [0.2, 0.25) is 12.3 Å². The minimum atomic E-state index is -0.439. The van der Waals surface area contributed by atoms with Crippen molar-refractivity contribution in [1.29, 1.82) is 0 Å². The monoisotopic (exact) mass is 366 g/mol. The van der Waals surface area contributed by atoms with E-state index in [1.807, 2.05) is 0 Å². The Hall–Kier alpha value is -3.19. The van der Waals surface area contributed by atoms with Crippen molar-refractivity contribution in [3.05, 3.63) is 60.5 Å². The van der Waals surface area contributed by atoms with Crippen LogP contribution in [-0.4, -0.2) is 35.5 Å². The fourth-order valence-corrected chi connectivity index (χ4v) is 2.78. The van der Waals surface area contributed by atoms with Crippen LogP contribution in [0.25, 0.3) is 11.5 Å². The van der Waals surface area contributed by atoms with Gasteiger partial charge in [0.1, 0.15) is 18.1 Å². The second kappa shape index (κ2) is 8.01. The molecule has 0 aliphatic carbocycles. The molecule has 4 rings (SSSR count). The van der Waals surface area contributed by atoms with E-state index in [4.69, 9.17) is 18.6 Å². The van der Waals surface area contributed by atoms with E-state index in [1.165, 1.54) is 6.39 Å². The highest BCUT2D eigenvalue weighted by Crippen LogP contribution is 2.22. The van der Waals surface area contributed by atoms with E-state index in [9.17, 15) is 4.79 Å². The largest absolute Gasteiger partial charge is 0.491 e. The van der Waals surface area contributed by atoms with Gasteiger partial charge in [0.05, 0.1) is 11.7 Å². The van der Waals surface area contributed by atoms with Gasteiger partial charge < -0.3 is 18.6 Å². The zero-order valence-corrected chi connectivity index (χ0v) is 14.5. The molecule has 3 aromatic rings. The zero-order valence-electron chi connectivity index (χ0n) is 14.5. The van der Waals surface area contributed by atoms with Crippen molar-refractivity contribution in [2.45, 2.75) is 18.9 Å². The van der Waals surface area contributed by atoms with Crippen LogP contribution in [0.5, 0.6) is 11.5 Å². The lowest BCUT2D eigenvalue weighted by Crippen LogP contribution is -2.16. The molecule has 0 N–H and O–H groups in total. The molecule has 0 radical (unpaired) electrons. The molecule has 7 heteroatoms. The molecule has 0 amide bonds. The number of carbonyl (C=O) groups is 1. The van der Waals surface area contributed by atoms with E-state index in [0.717, 1.165) is 25.0 Å². The molecule has 1 aliphatic rings. The summed E-state index contributed by atoms with van der Waals surface area (Å²) >= 11 is 0. The second-order valence-electron chi connectivity index (χ2n) is 6.13. The topological polar surface area (TPSA) is 83.7 Å². The van der Waals surface area contributed by atoms with Crippen LogP contribution in [-0.2, 0) is 4.74 Å². The Kier molecular flexibility index (Phi) is 5.11. The predicted octanol–water partition coefficient (Wildman–Crippen LogP) is 3.51. The average Bonchev–Trinajstić information content (AvgIpc) is 3.41. The maximum atomic E-state index is 12.3. The summed E-state index contributed by atoms with van der Waals surface area (Å²) in [7, 11) is 0. The van der Waals surface area contributed by atoms with E-state index in [2.05, 4.69) is 10.2 Å². The van der Waals surface area contributed by atoms with Gasteiger partial charge in [-0.2, -0.15) is 0 Å². The molecule has 1 atom stereocenters. The van der Waals surface area contributed by atoms with Crippen molar-refractivity contribution in [3.8, 4) is 23.0 Å². The van der Waals surface area contributed by atoms with Crippen molar-refractivity contribution in [1.82, 2.24) is 10.2 Å². The average molecular weight is 366 g/mol. The molecule has 0 bridgehead atoms. The van der Waals surface area contributed by atoms with Gasteiger partial charge in [0.15, 0.2) is 0 Å². The molecule has 138 valence electrons. The third kappa shape index (κ3) is 4.32. The minimum Gasteiger partial charge on any atom is -0.491 e. The van der Waals surface area contributed by atoms with Crippen LogP contribution in [0.2, 0.25) is 0 Å². The van der Waals surface area contributed by atoms with Crippen molar-refractivity contribution in [2.24, 2.45) is 0 Å². The van der Waals surface area contributed by atoms with Gasteiger partial charge in [0, 0.05) is 12.2 Å². The van der Waals surface area contributed by atoms with Crippen molar-refractivity contribution >= 4 is 5.97 Å². The summed E-state index contributed by atoms with van der Waals surface area (Å²) in [5.74, 6) is 1.10. The van der Waals surface area contributed by atoms with Crippen molar-refractivity contribution < 1.29 is 23.4 Å². The summed E-state index contributed by atoms with van der Waals surface area (Å²) in [5.41, 5.74) is 1.19. The smallest absolute Gasteiger partial charge is 0.343 e. The molecule has 0 saturated carbocycles. The Morgan fingerprint density at radius 1 is 1.07 bits per heavy atom. The van der Waals surface area contributed by atoms with Crippen LogP contribution in [0.3, 0.4) is 0 Å². The molecular formula is C20H18N2O5. The minimum absolute atomic E-state index is 0.157. The quantitative estimate of drug-likeness (QED) is 0.487. The highest BCUT2D eigenvalue weighted by molar-refractivity contribution is 5.91. The van der Waals surface area contributed by atoms with Gasteiger partial charge in [-0.15, -0.1) is 10.2 Å². The van der Waals surface area contributed by atoms with E-state index < -0.39 is 5.97 Å². The molecule has 0 unspecified atom stereocenters. The first-order valence-corrected chi connectivity index (χ1v) is 8.71. The van der Waals surface area contributed by atoms with Crippen LogP contribution in [0, 0.1) is 0 Å². The number of hydrogen-bond acceptors (Lipinski definition) is 7. The van der Waals surface area contributed by atoms with Crippen LogP contribution in [0.15, 0.2) is 59.3 Å². The Balaban J connectivity index is 1.33. The highest BCUT2D eigenvalue weighted by atomic mass is 16.5. The first kappa shape index (κ1) is 17.2. The number of aromatic nitrogens is 2. The Bertz CT molecular complexity index is 870. The van der Waals surface area contributed by atoms with E-state index in [1.54, 1.807) is 48.5 Å². The Labute approximate surface area is 155 Å². The van der Waals surface area contributed by atoms with Gasteiger partial charge in [-0.05, 0) is 61.4 Å². The summed E-state index contributed by atoms with van der Waals surface area (Å²) in [5, 5.41) is 7.46. The summed E-state index contributed by atoms with van der Waals surface area (Å²) in [6.45, 7) is 1.32. The third-order valence-corrected chi connectivity index (χ3v) is 4.22. The Morgan fingerprint density at radius 3 is 2.52 bits per heavy atom. The number of ether oxygens (including phenoxy) is 3. The van der Waals surface area contributed by atoms with Crippen molar-refractivity contribution in [2.75, 3.05) is 13.2 Å². The highest BCUT2D eigenvalue weighted by Gasteiger charge is 2.16. The summed E-state index contributed by atoms with van der Waals surface area (Å²) in [6, 6.07) is 13.7. The molecule has 7 nitrogen and oxygen atoms in total. The molecule has 0 spiro atoms. The van der Waals surface area contributed by atoms with Gasteiger partial charge in [-0.3, -0.25) is 0 Å². The lowest BCUT2D eigenvalue weighted by molar-refractivity contribution is 0.0678. The Morgan fingerprint density at radius 2 is 1.85 bits per heavy atom. The zero-order chi connectivity index (χ0) is 18.5. The fraction of sp³-hybridized carbons (Fsp3) is 0.250. The van der Waals surface area contributed by atoms with E-state index in [-0.39, 0.29) is 6.10 Å². The lowest BCUT2D eigenvalue weighted by atomic mass is 10.2. The maximum Gasteiger partial charge on any atom is 0.343 e. The molecule has 1 fully saturated rings. The van der Waals surface area contributed by atoms with Crippen LogP contribution in [0.4, 0.5) is 0 Å². The fourth-order valence-electron chi connectivity index (χ4n) is 2.78. The summed E-state index contributed by atoms with van der Waals surface area (Å²) in [4.78, 5) is 12.3. The van der Waals surface area contributed by atoms with Crippen LogP contribution in [0.1, 0.15) is 23.2 Å². The molecule has 2 aromatic carbocycles. The normalized spacial score (nSPS) is 16.2. The van der Waals surface area contributed by atoms with Gasteiger partial charge >= 0.3 is 5.97 Å². The molecule has 1 aromatic heterocycles. The molecule has 1 aliphatic heterocycles. The van der Waals surface area contributed by atoms with E-state index >= 15 is 0 Å². The van der Waals surface area contributed by atoms with Crippen molar-refractivity contribution in [3.63, 3.8) is 0 Å². The summed E-state index contributed by atoms with van der Waals surface area (Å²) in [6.07, 6.45) is 3.52. The standard InChI is InChI=1S/C20H18N2O5/c23-20(27-17-9-3-14(4-10-17)19-22-21-13-26-19)15-5-7-16(8-6-15)25-12-18-2-1-11-24-18/h3-10,13,18H,1-2,11-12H2/t18-/m0/s1. The predicted molar refractivity (Wildman–Crippen MR) is 95.6 cm³/mol. The van der Waals surface area contributed by atoms with Gasteiger partial charge in [0.25, 0.3) is 0 Å². The first-order valence-electron chi connectivity index (χ1n) is 8.71. The number of carbonyl (C=O) groups excluding carboxylic acids is 1. The van der Waals surface area contributed by atoms with Crippen LogP contribution < -0.4 is 9.47 Å². The molecular weight excluding hydrogens is 348 g/mol. The third-order valence-electron chi connectivity index (χ3n) is 4.22. The number of hydrogen-bond donors (Lipinski definition) is 0. The van der Waals surface area contributed by atoms with E-state index in [0.29, 0.717) is 29.6 Å². The number of nitrogens with zero attached hydrogens (tertiary/aromatic N) is 2. The van der Waals surface area contributed by atoms with Gasteiger partial charge in [-0.1, -0.05) is 0 Å². The number of esters is 1. The first-order chi connectivity index (χ1) is 13.3. The molecule has 27 heavy (non-hydrogen) atoms. The summed E-state index contributed by atoms with van der Waals surface area (Å²) < 4.78 is 21.7. The van der Waals surface area contributed by atoms with Gasteiger partial charge in [-0.25, -0.2) is 4.79 Å². The second-order valence-corrected chi connectivity index (χ2v) is 6.13. The number of benzene rings is 2. The molecule has 2 heterocycles. The SMILES string of the molecule is O=C(Oc1ccc(-c2nnco2)cc1)c1ccc(OC[C@@H]2CCCO2)cc1.